The first-order valence-corrected chi connectivity index (χ1v) is 13.3. The van der Waals surface area contributed by atoms with Crippen molar-refractivity contribution in [1.29, 1.82) is 0 Å². The molecule has 0 unspecified atom stereocenters. The van der Waals surface area contributed by atoms with Crippen molar-refractivity contribution in [1.82, 2.24) is 0 Å². The van der Waals surface area contributed by atoms with Crippen LogP contribution in [-0.2, 0) is 0 Å². The third-order valence-corrected chi connectivity index (χ3v) is 7.29. The van der Waals surface area contributed by atoms with E-state index in [9.17, 15) is 10.2 Å². The van der Waals surface area contributed by atoms with Gasteiger partial charge in [-0.3, -0.25) is 0 Å². The summed E-state index contributed by atoms with van der Waals surface area (Å²) in [5.74, 6) is 1.43. The van der Waals surface area contributed by atoms with Gasteiger partial charge in [-0.1, -0.05) is 100 Å². The predicted molar refractivity (Wildman–Crippen MR) is 160 cm³/mol. The summed E-state index contributed by atoms with van der Waals surface area (Å²) in [6.45, 7) is 8.83. The van der Waals surface area contributed by atoms with E-state index in [0.29, 0.717) is 11.8 Å². The largest absolute Gasteiger partial charge is 0.508 e. The number of hydrogen-bond donors (Lipinski definition) is 2. The summed E-state index contributed by atoms with van der Waals surface area (Å²) in [5.41, 5.74) is 11.4. The topological polar surface area (TPSA) is 40.5 Å². The van der Waals surface area contributed by atoms with Crippen molar-refractivity contribution in [3.8, 4) is 56.0 Å². The van der Waals surface area contributed by atoms with Gasteiger partial charge in [-0.2, -0.15) is 0 Å². The monoisotopic (exact) mass is 498 g/mol. The van der Waals surface area contributed by atoms with E-state index in [0.717, 1.165) is 44.5 Å². The van der Waals surface area contributed by atoms with Crippen LogP contribution in [0, 0.1) is 0 Å². The van der Waals surface area contributed by atoms with E-state index in [4.69, 9.17) is 0 Å². The van der Waals surface area contributed by atoms with Gasteiger partial charge in [-0.25, -0.2) is 0 Å². The molecule has 0 bridgehead atoms. The standard InChI is InChI=1S/C36H34O2/c1-23(2)25-5-9-27(10-6-25)33-21-36(30-15-19-32(38)20-16-30)34(28-11-7-26(8-12-28)24(3)4)22-35(33)29-13-17-31(37)18-14-29/h5-24,37-38H,1-4H3. The zero-order valence-electron chi connectivity index (χ0n) is 22.4. The molecule has 0 atom stereocenters. The third-order valence-electron chi connectivity index (χ3n) is 7.29. The minimum absolute atomic E-state index is 0.252. The van der Waals surface area contributed by atoms with Gasteiger partial charge in [0.2, 0.25) is 0 Å². The molecule has 0 aromatic heterocycles. The lowest BCUT2D eigenvalue weighted by molar-refractivity contribution is 0.475. The lowest BCUT2D eigenvalue weighted by Gasteiger charge is -2.19. The fourth-order valence-corrected chi connectivity index (χ4v) is 4.93. The molecule has 0 fully saturated rings. The Bertz CT molecular complexity index is 1400. The molecule has 5 aromatic rings. The highest BCUT2D eigenvalue weighted by atomic mass is 16.3. The van der Waals surface area contributed by atoms with Gasteiger partial charge in [0.05, 0.1) is 0 Å². The fourth-order valence-electron chi connectivity index (χ4n) is 4.93. The minimum Gasteiger partial charge on any atom is -0.508 e. The highest BCUT2D eigenvalue weighted by Gasteiger charge is 2.17. The maximum absolute atomic E-state index is 9.97. The summed E-state index contributed by atoms with van der Waals surface area (Å²) in [4.78, 5) is 0. The van der Waals surface area contributed by atoms with Crippen LogP contribution < -0.4 is 0 Å². The van der Waals surface area contributed by atoms with Crippen LogP contribution in [0.4, 0.5) is 0 Å². The highest BCUT2D eigenvalue weighted by molar-refractivity contribution is 5.95. The first-order chi connectivity index (χ1) is 18.3. The van der Waals surface area contributed by atoms with E-state index in [-0.39, 0.29) is 11.5 Å². The molecule has 0 aliphatic rings. The summed E-state index contributed by atoms with van der Waals surface area (Å²) >= 11 is 0. The molecule has 5 rings (SSSR count). The first-order valence-electron chi connectivity index (χ1n) is 13.3. The van der Waals surface area contributed by atoms with Crippen molar-refractivity contribution in [2.45, 2.75) is 39.5 Å². The van der Waals surface area contributed by atoms with Gasteiger partial charge in [-0.05, 0) is 104 Å². The molecule has 190 valence electrons. The second-order valence-electron chi connectivity index (χ2n) is 10.6. The van der Waals surface area contributed by atoms with Crippen LogP contribution in [0.3, 0.4) is 0 Å². The Morgan fingerprint density at radius 2 is 0.605 bits per heavy atom. The molecule has 0 saturated heterocycles. The van der Waals surface area contributed by atoms with Crippen LogP contribution in [0.15, 0.2) is 109 Å². The smallest absolute Gasteiger partial charge is 0.115 e. The van der Waals surface area contributed by atoms with E-state index in [1.54, 1.807) is 24.3 Å². The molecular weight excluding hydrogens is 464 g/mol. The molecule has 0 aliphatic carbocycles. The fraction of sp³-hybridized carbons (Fsp3) is 0.167. The van der Waals surface area contributed by atoms with Crippen LogP contribution in [-0.4, -0.2) is 10.2 Å². The van der Waals surface area contributed by atoms with Gasteiger partial charge in [0.25, 0.3) is 0 Å². The van der Waals surface area contributed by atoms with Crippen molar-refractivity contribution in [2.24, 2.45) is 0 Å². The molecule has 0 aliphatic heterocycles. The normalized spacial score (nSPS) is 11.3. The van der Waals surface area contributed by atoms with Crippen LogP contribution in [0.1, 0.15) is 50.7 Å². The summed E-state index contributed by atoms with van der Waals surface area (Å²) in [5, 5.41) is 19.9. The Labute approximate surface area is 225 Å². The van der Waals surface area contributed by atoms with Crippen LogP contribution in [0.5, 0.6) is 11.5 Å². The van der Waals surface area contributed by atoms with Gasteiger partial charge < -0.3 is 10.2 Å². The zero-order chi connectivity index (χ0) is 26.8. The average Bonchev–Trinajstić information content (AvgIpc) is 2.93. The zero-order valence-corrected chi connectivity index (χ0v) is 22.4. The quantitative estimate of drug-likeness (QED) is 0.244. The molecule has 2 heteroatoms. The lowest BCUT2D eigenvalue weighted by Crippen LogP contribution is -1.94. The second-order valence-corrected chi connectivity index (χ2v) is 10.6. The number of aromatic hydroxyl groups is 2. The molecule has 2 N–H and O–H groups in total. The summed E-state index contributed by atoms with van der Waals surface area (Å²) in [6, 6.07) is 37.0. The second kappa shape index (κ2) is 10.6. The molecular formula is C36H34O2. The third kappa shape index (κ3) is 5.21. The lowest BCUT2D eigenvalue weighted by atomic mass is 9.85. The highest BCUT2D eigenvalue weighted by Crippen LogP contribution is 2.43. The number of phenolic OH excluding ortho intramolecular Hbond substituents is 2. The summed E-state index contributed by atoms with van der Waals surface area (Å²) in [6.07, 6.45) is 0. The average molecular weight is 499 g/mol. The van der Waals surface area contributed by atoms with E-state index in [2.05, 4.69) is 88.4 Å². The Morgan fingerprint density at radius 1 is 0.368 bits per heavy atom. The number of phenols is 2. The van der Waals surface area contributed by atoms with Crippen molar-refractivity contribution in [3.05, 3.63) is 120 Å². The minimum atomic E-state index is 0.252. The van der Waals surface area contributed by atoms with Crippen LogP contribution >= 0.6 is 0 Å². The van der Waals surface area contributed by atoms with E-state index >= 15 is 0 Å². The summed E-state index contributed by atoms with van der Waals surface area (Å²) < 4.78 is 0. The first kappa shape index (κ1) is 25.4. The van der Waals surface area contributed by atoms with Crippen molar-refractivity contribution in [2.75, 3.05) is 0 Å². The molecule has 5 aromatic carbocycles. The van der Waals surface area contributed by atoms with Crippen molar-refractivity contribution in [3.63, 3.8) is 0 Å². The molecule has 2 nitrogen and oxygen atoms in total. The maximum atomic E-state index is 9.97. The Morgan fingerprint density at radius 3 is 0.842 bits per heavy atom. The van der Waals surface area contributed by atoms with Gasteiger partial charge in [-0.15, -0.1) is 0 Å². The van der Waals surface area contributed by atoms with E-state index in [1.165, 1.54) is 11.1 Å². The Balaban J connectivity index is 1.79. The number of hydrogen-bond acceptors (Lipinski definition) is 2. The van der Waals surface area contributed by atoms with Crippen molar-refractivity contribution < 1.29 is 10.2 Å². The molecule has 0 amide bonds. The van der Waals surface area contributed by atoms with Crippen LogP contribution in [0.25, 0.3) is 44.5 Å². The van der Waals surface area contributed by atoms with Gasteiger partial charge in [0.15, 0.2) is 0 Å². The SMILES string of the molecule is CC(C)c1ccc(-c2cc(-c3ccc(O)cc3)c(-c3ccc(C(C)C)cc3)cc2-c2ccc(O)cc2)cc1. The molecule has 0 heterocycles. The number of benzene rings is 5. The maximum Gasteiger partial charge on any atom is 0.115 e. The van der Waals surface area contributed by atoms with Crippen molar-refractivity contribution >= 4 is 0 Å². The summed E-state index contributed by atoms with van der Waals surface area (Å²) in [7, 11) is 0. The van der Waals surface area contributed by atoms with Crippen LogP contribution in [0.2, 0.25) is 0 Å². The van der Waals surface area contributed by atoms with E-state index < -0.39 is 0 Å². The van der Waals surface area contributed by atoms with Gasteiger partial charge >= 0.3 is 0 Å². The number of rotatable bonds is 6. The van der Waals surface area contributed by atoms with Gasteiger partial charge in [0, 0.05) is 0 Å². The molecule has 38 heavy (non-hydrogen) atoms. The predicted octanol–water partition coefficient (Wildman–Crippen LogP) is 10.0. The molecule has 0 radical (unpaired) electrons. The molecule has 0 saturated carbocycles. The van der Waals surface area contributed by atoms with Gasteiger partial charge in [0.1, 0.15) is 11.5 Å². The Kier molecular flexibility index (Phi) is 7.07. The molecule has 0 spiro atoms. The Hall–Kier alpha value is -4.30. The van der Waals surface area contributed by atoms with E-state index in [1.807, 2.05) is 24.3 Å².